The molecule has 0 radical (unpaired) electrons. The van der Waals surface area contributed by atoms with Crippen molar-refractivity contribution in [2.75, 3.05) is 24.7 Å². The number of thioether (sulfide) groups is 1. The summed E-state index contributed by atoms with van der Waals surface area (Å²) in [5, 5.41) is 0. The summed E-state index contributed by atoms with van der Waals surface area (Å²) in [6.07, 6.45) is 1.16. The van der Waals surface area contributed by atoms with Crippen molar-refractivity contribution in [2.45, 2.75) is 26.3 Å². The van der Waals surface area contributed by atoms with Gasteiger partial charge in [0.15, 0.2) is 0 Å². The van der Waals surface area contributed by atoms with Gasteiger partial charge in [0.25, 0.3) is 0 Å². The summed E-state index contributed by atoms with van der Waals surface area (Å²) in [7, 11) is 0. The van der Waals surface area contributed by atoms with Gasteiger partial charge in [0.05, 0.1) is 6.61 Å². The first-order valence-corrected chi connectivity index (χ1v) is 6.26. The Morgan fingerprint density at radius 3 is 2.77 bits per heavy atom. The molecule has 0 aromatic carbocycles. The van der Waals surface area contributed by atoms with E-state index in [1.54, 1.807) is 0 Å². The van der Waals surface area contributed by atoms with E-state index in [1.807, 2.05) is 11.8 Å². The molecule has 1 heterocycles. The molecular formula is C10H21NOS. The molecule has 1 aliphatic rings. The standard InChI is InChI=1S/C10H21NOS/c1-8(2)6-13-7-10(11)9-3-4-12-5-9/h8-10H,3-7,11H2,1-2H3. The molecule has 0 amide bonds. The average Bonchev–Trinajstić information content (AvgIpc) is 2.55. The monoisotopic (exact) mass is 203 g/mol. The quantitative estimate of drug-likeness (QED) is 0.739. The molecule has 2 nitrogen and oxygen atoms in total. The highest BCUT2D eigenvalue weighted by Crippen LogP contribution is 2.19. The zero-order valence-electron chi connectivity index (χ0n) is 8.66. The van der Waals surface area contributed by atoms with Gasteiger partial charge >= 0.3 is 0 Å². The minimum Gasteiger partial charge on any atom is -0.381 e. The molecule has 1 saturated heterocycles. The normalized spacial score (nSPS) is 25.4. The van der Waals surface area contributed by atoms with Gasteiger partial charge in [-0.3, -0.25) is 0 Å². The summed E-state index contributed by atoms with van der Waals surface area (Å²) in [5.41, 5.74) is 6.06. The van der Waals surface area contributed by atoms with Gasteiger partial charge in [-0.25, -0.2) is 0 Å². The van der Waals surface area contributed by atoms with Crippen LogP contribution < -0.4 is 5.73 Å². The Bertz CT molecular complexity index is 135. The smallest absolute Gasteiger partial charge is 0.0510 e. The largest absolute Gasteiger partial charge is 0.381 e. The van der Waals surface area contributed by atoms with Crippen LogP contribution in [-0.4, -0.2) is 30.8 Å². The van der Waals surface area contributed by atoms with Gasteiger partial charge in [-0.1, -0.05) is 13.8 Å². The van der Waals surface area contributed by atoms with Gasteiger partial charge in [0.1, 0.15) is 0 Å². The summed E-state index contributed by atoms with van der Waals surface area (Å²) in [4.78, 5) is 0. The molecule has 0 saturated carbocycles. The average molecular weight is 203 g/mol. The van der Waals surface area contributed by atoms with Crippen molar-refractivity contribution < 1.29 is 4.74 Å². The lowest BCUT2D eigenvalue weighted by atomic mass is 10.0. The van der Waals surface area contributed by atoms with Gasteiger partial charge < -0.3 is 10.5 Å². The molecule has 0 aliphatic carbocycles. The lowest BCUT2D eigenvalue weighted by Gasteiger charge is -2.17. The molecule has 0 aromatic heterocycles. The van der Waals surface area contributed by atoms with Crippen molar-refractivity contribution in [2.24, 2.45) is 17.6 Å². The maximum atomic E-state index is 6.06. The molecule has 0 bridgehead atoms. The predicted octanol–water partition coefficient (Wildman–Crippen LogP) is 1.74. The lowest BCUT2D eigenvalue weighted by molar-refractivity contribution is 0.182. The fourth-order valence-corrected chi connectivity index (χ4v) is 2.62. The molecule has 1 rings (SSSR count). The number of rotatable bonds is 5. The number of nitrogens with two attached hydrogens (primary N) is 1. The van der Waals surface area contributed by atoms with Crippen LogP contribution in [0.2, 0.25) is 0 Å². The van der Waals surface area contributed by atoms with E-state index in [9.17, 15) is 0 Å². The van der Waals surface area contributed by atoms with Crippen molar-refractivity contribution in [1.82, 2.24) is 0 Å². The van der Waals surface area contributed by atoms with Crippen LogP contribution in [0.15, 0.2) is 0 Å². The minimum absolute atomic E-state index is 0.339. The molecule has 2 N–H and O–H groups in total. The minimum atomic E-state index is 0.339. The Kier molecular flexibility index (Phi) is 5.14. The Hall–Kier alpha value is 0.270. The second-order valence-corrected chi connectivity index (χ2v) is 5.29. The molecule has 2 unspecified atom stereocenters. The van der Waals surface area contributed by atoms with Gasteiger partial charge in [0.2, 0.25) is 0 Å². The third kappa shape index (κ3) is 4.34. The van der Waals surface area contributed by atoms with Crippen LogP contribution in [0.5, 0.6) is 0 Å². The number of hydrogen-bond donors (Lipinski definition) is 1. The van der Waals surface area contributed by atoms with E-state index in [-0.39, 0.29) is 0 Å². The van der Waals surface area contributed by atoms with Crippen LogP contribution in [-0.2, 0) is 4.74 Å². The Labute approximate surface area is 85.6 Å². The molecule has 3 heteroatoms. The van der Waals surface area contributed by atoms with Crippen LogP contribution >= 0.6 is 11.8 Å². The number of ether oxygens (including phenoxy) is 1. The molecule has 1 fully saturated rings. The summed E-state index contributed by atoms with van der Waals surface area (Å²) in [5.74, 6) is 3.70. The van der Waals surface area contributed by atoms with E-state index in [4.69, 9.17) is 10.5 Å². The Morgan fingerprint density at radius 1 is 1.46 bits per heavy atom. The SMILES string of the molecule is CC(C)CSCC(N)C1CCOC1. The molecular weight excluding hydrogens is 182 g/mol. The maximum absolute atomic E-state index is 6.06. The highest BCUT2D eigenvalue weighted by Gasteiger charge is 2.22. The van der Waals surface area contributed by atoms with Crippen molar-refractivity contribution >= 4 is 11.8 Å². The van der Waals surface area contributed by atoms with Gasteiger partial charge in [-0.15, -0.1) is 0 Å². The first-order chi connectivity index (χ1) is 6.20. The van der Waals surface area contributed by atoms with E-state index in [0.717, 1.165) is 31.3 Å². The molecule has 0 spiro atoms. The molecule has 2 atom stereocenters. The third-order valence-electron chi connectivity index (χ3n) is 2.33. The predicted molar refractivity (Wildman–Crippen MR) is 59.1 cm³/mol. The van der Waals surface area contributed by atoms with Gasteiger partial charge in [0, 0.05) is 24.3 Å². The topological polar surface area (TPSA) is 35.2 Å². The second kappa shape index (κ2) is 5.89. The van der Waals surface area contributed by atoms with Crippen LogP contribution in [0.25, 0.3) is 0 Å². The first-order valence-electron chi connectivity index (χ1n) is 5.11. The van der Waals surface area contributed by atoms with E-state index >= 15 is 0 Å². The van der Waals surface area contributed by atoms with E-state index < -0.39 is 0 Å². The third-order valence-corrected chi connectivity index (χ3v) is 3.85. The van der Waals surface area contributed by atoms with Crippen LogP contribution in [0.4, 0.5) is 0 Å². The second-order valence-electron chi connectivity index (χ2n) is 4.22. The Balaban J connectivity index is 2.06. The molecule has 13 heavy (non-hydrogen) atoms. The number of hydrogen-bond acceptors (Lipinski definition) is 3. The van der Waals surface area contributed by atoms with Crippen LogP contribution in [0.3, 0.4) is 0 Å². The van der Waals surface area contributed by atoms with Crippen molar-refractivity contribution in [3.05, 3.63) is 0 Å². The van der Waals surface area contributed by atoms with E-state index in [2.05, 4.69) is 13.8 Å². The molecule has 78 valence electrons. The van der Waals surface area contributed by atoms with Gasteiger partial charge in [-0.05, 0) is 18.1 Å². The van der Waals surface area contributed by atoms with Crippen molar-refractivity contribution in [3.63, 3.8) is 0 Å². The summed E-state index contributed by atoms with van der Waals surface area (Å²) < 4.78 is 5.32. The summed E-state index contributed by atoms with van der Waals surface area (Å²) >= 11 is 1.98. The zero-order valence-corrected chi connectivity index (χ0v) is 9.48. The highest BCUT2D eigenvalue weighted by atomic mass is 32.2. The lowest BCUT2D eigenvalue weighted by Crippen LogP contribution is -2.33. The van der Waals surface area contributed by atoms with Crippen molar-refractivity contribution in [1.29, 1.82) is 0 Å². The fraction of sp³-hybridized carbons (Fsp3) is 1.00. The fourth-order valence-electron chi connectivity index (χ4n) is 1.47. The zero-order chi connectivity index (χ0) is 9.68. The highest BCUT2D eigenvalue weighted by molar-refractivity contribution is 7.99. The molecule has 1 aliphatic heterocycles. The first kappa shape index (κ1) is 11.3. The molecule has 0 aromatic rings. The summed E-state index contributed by atoms with van der Waals surface area (Å²) in [6, 6.07) is 0.339. The van der Waals surface area contributed by atoms with Crippen LogP contribution in [0, 0.1) is 11.8 Å². The van der Waals surface area contributed by atoms with E-state index in [1.165, 1.54) is 5.75 Å². The van der Waals surface area contributed by atoms with E-state index in [0.29, 0.717) is 12.0 Å². The van der Waals surface area contributed by atoms with Gasteiger partial charge in [-0.2, -0.15) is 11.8 Å². The Morgan fingerprint density at radius 2 is 2.23 bits per heavy atom. The van der Waals surface area contributed by atoms with Crippen LogP contribution in [0.1, 0.15) is 20.3 Å². The maximum Gasteiger partial charge on any atom is 0.0510 e. The summed E-state index contributed by atoms with van der Waals surface area (Å²) in [6.45, 7) is 6.28. The van der Waals surface area contributed by atoms with Crippen molar-refractivity contribution in [3.8, 4) is 0 Å².